The van der Waals surface area contributed by atoms with Crippen LogP contribution < -0.4 is 11.1 Å². The number of hydrogen-bond acceptors (Lipinski definition) is 2. The number of nitrogens with one attached hydrogen (secondary N) is 1. The normalized spacial score (nSPS) is 10.1. The summed E-state index contributed by atoms with van der Waals surface area (Å²) in [6, 6.07) is 6.29. The van der Waals surface area contributed by atoms with Crippen molar-refractivity contribution in [1.82, 2.24) is 0 Å². The molecule has 0 amide bonds. The molecule has 0 aliphatic carbocycles. The van der Waals surface area contributed by atoms with Gasteiger partial charge in [-0.15, -0.1) is 0 Å². The Morgan fingerprint density at radius 3 is 2.77 bits per heavy atom. The SMILES string of the molecule is Cc1cc(Br)cc(NCCCN)c1. The number of anilines is 1. The van der Waals surface area contributed by atoms with Crippen molar-refractivity contribution in [2.75, 3.05) is 18.4 Å². The highest BCUT2D eigenvalue weighted by atomic mass is 79.9. The molecule has 2 nitrogen and oxygen atoms in total. The summed E-state index contributed by atoms with van der Waals surface area (Å²) in [6.45, 7) is 3.76. The number of hydrogen-bond donors (Lipinski definition) is 2. The van der Waals surface area contributed by atoms with Crippen LogP contribution in [0.3, 0.4) is 0 Å². The van der Waals surface area contributed by atoms with E-state index in [2.05, 4.69) is 46.4 Å². The van der Waals surface area contributed by atoms with Crippen molar-refractivity contribution < 1.29 is 0 Å². The van der Waals surface area contributed by atoms with Crippen LogP contribution in [0.4, 0.5) is 5.69 Å². The Hall–Kier alpha value is -0.540. The minimum absolute atomic E-state index is 0.736. The summed E-state index contributed by atoms with van der Waals surface area (Å²) < 4.78 is 1.11. The monoisotopic (exact) mass is 242 g/mol. The van der Waals surface area contributed by atoms with Crippen molar-refractivity contribution in [2.24, 2.45) is 5.73 Å². The number of rotatable bonds is 4. The average Bonchev–Trinajstić information content (AvgIpc) is 2.03. The van der Waals surface area contributed by atoms with E-state index in [9.17, 15) is 0 Å². The van der Waals surface area contributed by atoms with E-state index in [1.807, 2.05) is 0 Å². The molecule has 1 aromatic rings. The summed E-state index contributed by atoms with van der Waals surface area (Å²) in [5.74, 6) is 0. The maximum atomic E-state index is 5.40. The highest BCUT2D eigenvalue weighted by molar-refractivity contribution is 9.10. The first-order valence-electron chi connectivity index (χ1n) is 4.43. The van der Waals surface area contributed by atoms with Crippen molar-refractivity contribution in [3.05, 3.63) is 28.2 Å². The fourth-order valence-electron chi connectivity index (χ4n) is 1.17. The zero-order chi connectivity index (χ0) is 9.68. The Kier molecular flexibility index (Phi) is 4.25. The van der Waals surface area contributed by atoms with Gasteiger partial charge in [0.15, 0.2) is 0 Å². The third-order valence-electron chi connectivity index (χ3n) is 1.75. The van der Waals surface area contributed by atoms with E-state index < -0.39 is 0 Å². The number of nitrogens with two attached hydrogens (primary N) is 1. The summed E-state index contributed by atoms with van der Waals surface area (Å²) in [6.07, 6.45) is 1.01. The van der Waals surface area contributed by atoms with E-state index in [0.29, 0.717) is 0 Å². The van der Waals surface area contributed by atoms with Crippen LogP contribution in [0, 0.1) is 6.92 Å². The smallest absolute Gasteiger partial charge is 0.0354 e. The molecule has 0 spiro atoms. The molecule has 0 aromatic heterocycles. The average molecular weight is 243 g/mol. The lowest BCUT2D eigenvalue weighted by molar-refractivity contribution is 0.874. The van der Waals surface area contributed by atoms with Crippen LogP contribution in [0.2, 0.25) is 0 Å². The maximum absolute atomic E-state index is 5.40. The van der Waals surface area contributed by atoms with Crippen LogP contribution in [0.5, 0.6) is 0 Å². The minimum Gasteiger partial charge on any atom is -0.385 e. The van der Waals surface area contributed by atoms with E-state index in [0.717, 1.165) is 29.7 Å². The van der Waals surface area contributed by atoms with Gasteiger partial charge in [-0.05, 0) is 43.7 Å². The highest BCUT2D eigenvalue weighted by Crippen LogP contribution is 2.18. The summed E-state index contributed by atoms with van der Waals surface area (Å²) in [5.41, 5.74) is 7.81. The van der Waals surface area contributed by atoms with Crippen molar-refractivity contribution in [1.29, 1.82) is 0 Å². The maximum Gasteiger partial charge on any atom is 0.0354 e. The molecular formula is C10H15BrN2. The second-order valence-corrected chi connectivity index (χ2v) is 4.00. The summed E-state index contributed by atoms with van der Waals surface area (Å²) in [5, 5.41) is 3.32. The standard InChI is InChI=1S/C10H15BrN2/c1-8-5-9(11)7-10(6-8)13-4-2-3-12/h5-7,13H,2-4,12H2,1H3. The van der Waals surface area contributed by atoms with Gasteiger partial charge in [-0.1, -0.05) is 15.9 Å². The molecule has 0 saturated carbocycles. The quantitative estimate of drug-likeness (QED) is 0.797. The van der Waals surface area contributed by atoms with E-state index in [4.69, 9.17) is 5.73 Å². The lowest BCUT2D eigenvalue weighted by Gasteiger charge is -2.06. The second kappa shape index (κ2) is 5.25. The molecule has 72 valence electrons. The number of benzene rings is 1. The fraction of sp³-hybridized carbons (Fsp3) is 0.400. The predicted molar refractivity (Wildman–Crippen MR) is 61.0 cm³/mol. The molecule has 0 heterocycles. The Morgan fingerprint density at radius 1 is 1.38 bits per heavy atom. The van der Waals surface area contributed by atoms with Crippen LogP contribution in [0.15, 0.2) is 22.7 Å². The number of aryl methyl sites for hydroxylation is 1. The van der Waals surface area contributed by atoms with Gasteiger partial charge in [0.05, 0.1) is 0 Å². The molecule has 0 saturated heterocycles. The molecule has 0 unspecified atom stereocenters. The van der Waals surface area contributed by atoms with Gasteiger partial charge in [-0.3, -0.25) is 0 Å². The van der Waals surface area contributed by atoms with Gasteiger partial charge in [0.1, 0.15) is 0 Å². The van der Waals surface area contributed by atoms with E-state index in [-0.39, 0.29) is 0 Å². The van der Waals surface area contributed by atoms with Gasteiger partial charge in [0.2, 0.25) is 0 Å². The largest absolute Gasteiger partial charge is 0.385 e. The first kappa shape index (κ1) is 10.5. The lowest BCUT2D eigenvalue weighted by atomic mass is 10.2. The zero-order valence-corrected chi connectivity index (χ0v) is 9.39. The summed E-state index contributed by atoms with van der Waals surface area (Å²) >= 11 is 3.46. The van der Waals surface area contributed by atoms with E-state index in [1.54, 1.807) is 0 Å². The molecule has 0 bridgehead atoms. The molecule has 1 aromatic carbocycles. The van der Waals surface area contributed by atoms with Gasteiger partial charge < -0.3 is 11.1 Å². The molecule has 3 N–H and O–H groups in total. The lowest BCUT2D eigenvalue weighted by Crippen LogP contribution is -2.08. The molecule has 3 heteroatoms. The summed E-state index contributed by atoms with van der Waals surface area (Å²) in [7, 11) is 0. The molecule has 0 radical (unpaired) electrons. The van der Waals surface area contributed by atoms with Crippen LogP contribution in [0.1, 0.15) is 12.0 Å². The fourth-order valence-corrected chi connectivity index (χ4v) is 1.78. The zero-order valence-electron chi connectivity index (χ0n) is 7.81. The van der Waals surface area contributed by atoms with E-state index in [1.165, 1.54) is 5.56 Å². The Balaban J connectivity index is 2.56. The number of halogens is 1. The molecule has 0 atom stereocenters. The van der Waals surface area contributed by atoms with Crippen LogP contribution in [-0.2, 0) is 0 Å². The predicted octanol–water partition coefficient (Wildman–Crippen LogP) is 2.52. The third kappa shape index (κ3) is 3.79. The van der Waals surface area contributed by atoms with Crippen LogP contribution >= 0.6 is 15.9 Å². The Labute approximate surface area is 87.6 Å². The third-order valence-corrected chi connectivity index (χ3v) is 2.21. The molecule has 1 rings (SSSR count). The molecule has 0 aliphatic rings. The Morgan fingerprint density at radius 2 is 2.15 bits per heavy atom. The first-order chi connectivity index (χ1) is 6.22. The van der Waals surface area contributed by atoms with E-state index >= 15 is 0 Å². The Bertz CT molecular complexity index is 253. The van der Waals surface area contributed by atoms with Crippen LogP contribution in [0.25, 0.3) is 0 Å². The molecule has 0 aliphatic heterocycles. The molecular weight excluding hydrogens is 228 g/mol. The van der Waals surface area contributed by atoms with Gasteiger partial charge in [-0.2, -0.15) is 0 Å². The van der Waals surface area contributed by atoms with Crippen molar-refractivity contribution in [3.8, 4) is 0 Å². The van der Waals surface area contributed by atoms with Crippen molar-refractivity contribution in [3.63, 3.8) is 0 Å². The van der Waals surface area contributed by atoms with Gasteiger partial charge >= 0.3 is 0 Å². The minimum atomic E-state index is 0.736. The topological polar surface area (TPSA) is 38.0 Å². The van der Waals surface area contributed by atoms with Gasteiger partial charge in [-0.25, -0.2) is 0 Å². The second-order valence-electron chi connectivity index (χ2n) is 3.09. The molecule has 0 fully saturated rings. The highest BCUT2D eigenvalue weighted by Gasteiger charge is 1.94. The van der Waals surface area contributed by atoms with Gasteiger partial charge in [0.25, 0.3) is 0 Å². The molecule has 13 heavy (non-hydrogen) atoms. The van der Waals surface area contributed by atoms with Crippen molar-refractivity contribution >= 4 is 21.6 Å². The first-order valence-corrected chi connectivity index (χ1v) is 5.23. The summed E-state index contributed by atoms with van der Waals surface area (Å²) in [4.78, 5) is 0. The van der Waals surface area contributed by atoms with Gasteiger partial charge in [0, 0.05) is 16.7 Å². The van der Waals surface area contributed by atoms with Crippen molar-refractivity contribution in [2.45, 2.75) is 13.3 Å². The van der Waals surface area contributed by atoms with Crippen LogP contribution in [-0.4, -0.2) is 13.1 Å².